The fourth-order valence-corrected chi connectivity index (χ4v) is 2.66. The summed E-state index contributed by atoms with van der Waals surface area (Å²) in [6, 6.07) is 6.71. The van der Waals surface area contributed by atoms with Gasteiger partial charge in [0.2, 0.25) is 0 Å². The molecule has 22 heavy (non-hydrogen) atoms. The fourth-order valence-electron chi connectivity index (χ4n) is 1.96. The molecule has 116 valence electrons. The summed E-state index contributed by atoms with van der Waals surface area (Å²) in [5.41, 5.74) is 5.30. The van der Waals surface area contributed by atoms with Gasteiger partial charge in [0.1, 0.15) is 11.8 Å². The lowest BCUT2D eigenvalue weighted by molar-refractivity contribution is -0.384. The number of nitrogens with zero attached hydrogens (tertiary/aromatic N) is 1. The van der Waals surface area contributed by atoms with Crippen LogP contribution in [-0.2, 0) is 0 Å². The summed E-state index contributed by atoms with van der Waals surface area (Å²) >= 11 is 12.1. The summed E-state index contributed by atoms with van der Waals surface area (Å²) in [6.45, 7) is 1.63. The fraction of sp³-hybridized carbons (Fsp3) is 0.143. The summed E-state index contributed by atoms with van der Waals surface area (Å²) in [5.74, 6) is -1.11. The predicted octanol–water partition coefficient (Wildman–Crippen LogP) is 4.76. The van der Waals surface area contributed by atoms with Crippen molar-refractivity contribution in [3.63, 3.8) is 0 Å². The smallest absolute Gasteiger partial charge is 0.295 e. The Bertz CT molecular complexity index is 720. The molecule has 0 aliphatic rings. The van der Waals surface area contributed by atoms with Crippen LogP contribution in [0.2, 0.25) is 10.0 Å². The lowest BCUT2D eigenvalue weighted by atomic mass is 10.1. The molecule has 0 spiro atoms. The average molecular weight is 345 g/mol. The summed E-state index contributed by atoms with van der Waals surface area (Å²) in [6.07, 6.45) is -0.670. The van der Waals surface area contributed by atoms with Gasteiger partial charge in [-0.2, -0.15) is 0 Å². The largest absolute Gasteiger partial charge is 0.483 e. The molecule has 0 saturated heterocycles. The van der Waals surface area contributed by atoms with Crippen molar-refractivity contribution in [2.24, 2.45) is 0 Å². The van der Waals surface area contributed by atoms with Crippen LogP contribution in [0.1, 0.15) is 18.6 Å². The van der Waals surface area contributed by atoms with Gasteiger partial charge in [-0.05, 0) is 19.1 Å². The van der Waals surface area contributed by atoms with E-state index in [1.165, 1.54) is 0 Å². The molecule has 5 nitrogen and oxygen atoms in total. The quantitative estimate of drug-likeness (QED) is 0.492. The van der Waals surface area contributed by atoms with Crippen LogP contribution >= 0.6 is 23.2 Å². The average Bonchev–Trinajstić information content (AvgIpc) is 2.42. The van der Waals surface area contributed by atoms with Crippen LogP contribution in [0.4, 0.5) is 15.8 Å². The summed E-state index contributed by atoms with van der Waals surface area (Å²) < 4.78 is 19.4. The first kappa shape index (κ1) is 16.3. The second kappa shape index (κ2) is 6.37. The molecule has 0 aliphatic carbocycles. The molecule has 0 heterocycles. The van der Waals surface area contributed by atoms with Crippen LogP contribution in [0.3, 0.4) is 0 Å². The molecule has 0 radical (unpaired) electrons. The zero-order valence-corrected chi connectivity index (χ0v) is 12.9. The monoisotopic (exact) mass is 344 g/mol. The Morgan fingerprint density at radius 3 is 2.45 bits per heavy atom. The summed E-state index contributed by atoms with van der Waals surface area (Å²) in [7, 11) is 0. The van der Waals surface area contributed by atoms with E-state index in [9.17, 15) is 14.5 Å². The van der Waals surface area contributed by atoms with Gasteiger partial charge in [-0.25, -0.2) is 4.39 Å². The molecule has 0 bridgehead atoms. The minimum absolute atomic E-state index is 0.196. The highest BCUT2D eigenvalue weighted by molar-refractivity contribution is 6.36. The Morgan fingerprint density at radius 2 is 1.91 bits per heavy atom. The molecule has 2 aromatic rings. The summed E-state index contributed by atoms with van der Waals surface area (Å²) in [4.78, 5) is 9.93. The van der Waals surface area contributed by atoms with Crippen molar-refractivity contribution < 1.29 is 14.1 Å². The first-order valence-electron chi connectivity index (χ1n) is 6.15. The SMILES string of the molecule is CC(Oc1cc(N)c([N+](=O)[O-])cc1F)c1c(Cl)cccc1Cl. The Hall–Kier alpha value is -2.05. The van der Waals surface area contributed by atoms with Crippen molar-refractivity contribution in [3.05, 3.63) is 61.9 Å². The molecule has 0 saturated carbocycles. The van der Waals surface area contributed by atoms with E-state index < -0.39 is 22.5 Å². The highest BCUT2D eigenvalue weighted by Crippen LogP contribution is 2.36. The third-order valence-electron chi connectivity index (χ3n) is 2.99. The zero-order valence-electron chi connectivity index (χ0n) is 11.3. The van der Waals surface area contributed by atoms with Crippen molar-refractivity contribution in [2.75, 3.05) is 5.73 Å². The summed E-state index contributed by atoms with van der Waals surface area (Å²) in [5, 5.41) is 11.4. The van der Waals surface area contributed by atoms with Crippen molar-refractivity contribution in [2.45, 2.75) is 13.0 Å². The van der Waals surface area contributed by atoms with Gasteiger partial charge in [0.15, 0.2) is 11.6 Å². The third kappa shape index (κ3) is 3.23. The van der Waals surface area contributed by atoms with Gasteiger partial charge in [-0.15, -0.1) is 0 Å². The lowest BCUT2D eigenvalue weighted by Gasteiger charge is -2.18. The molecule has 0 fully saturated rings. The molecule has 1 unspecified atom stereocenters. The van der Waals surface area contributed by atoms with E-state index in [4.69, 9.17) is 33.7 Å². The third-order valence-corrected chi connectivity index (χ3v) is 3.65. The molecule has 0 aliphatic heterocycles. The maximum Gasteiger partial charge on any atom is 0.295 e. The Balaban J connectivity index is 2.35. The Kier molecular flexibility index (Phi) is 4.73. The van der Waals surface area contributed by atoms with Gasteiger partial charge >= 0.3 is 0 Å². The van der Waals surface area contributed by atoms with E-state index in [0.717, 1.165) is 6.07 Å². The van der Waals surface area contributed by atoms with Crippen LogP contribution in [0, 0.1) is 15.9 Å². The maximum atomic E-state index is 13.9. The highest BCUT2D eigenvalue weighted by Gasteiger charge is 2.21. The van der Waals surface area contributed by atoms with E-state index in [2.05, 4.69) is 0 Å². The molecular weight excluding hydrogens is 334 g/mol. The van der Waals surface area contributed by atoms with E-state index in [-0.39, 0.29) is 11.4 Å². The molecule has 8 heteroatoms. The van der Waals surface area contributed by atoms with Crippen molar-refractivity contribution in [3.8, 4) is 5.75 Å². The number of hydrogen-bond acceptors (Lipinski definition) is 4. The molecule has 2 aromatic carbocycles. The van der Waals surface area contributed by atoms with Gasteiger partial charge in [-0.3, -0.25) is 10.1 Å². The van der Waals surface area contributed by atoms with E-state index >= 15 is 0 Å². The van der Waals surface area contributed by atoms with Crippen LogP contribution in [0.5, 0.6) is 5.75 Å². The van der Waals surface area contributed by atoms with Gasteiger partial charge in [0.05, 0.1) is 11.0 Å². The second-order valence-corrected chi connectivity index (χ2v) is 5.31. The number of nitrogens with two attached hydrogens (primary N) is 1. The van der Waals surface area contributed by atoms with Gasteiger partial charge in [0.25, 0.3) is 5.69 Å². The number of benzene rings is 2. The number of rotatable bonds is 4. The number of ether oxygens (including phenoxy) is 1. The lowest BCUT2D eigenvalue weighted by Crippen LogP contribution is -2.07. The first-order chi connectivity index (χ1) is 10.3. The molecule has 2 N–H and O–H groups in total. The minimum Gasteiger partial charge on any atom is -0.483 e. The molecule has 0 amide bonds. The van der Waals surface area contributed by atoms with Crippen molar-refractivity contribution in [1.82, 2.24) is 0 Å². The highest BCUT2D eigenvalue weighted by atomic mass is 35.5. The number of halogens is 3. The van der Waals surface area contributed by atoms with Crippen LogP contribution in [-0.4, -0.2) is 4.92 Å². The van der Waals surface area contributed by atoms with Gasteiger partial charge < -0.3 is 10.5 Å². The number of hydrogen-bond donors (Lipinski definition) is 1. The normalized spacial score (nSPS) is 12.0. The molecule has 2 rings (SSSR count). The number of anilines is 1. The van der Waals surface area contributed by atoms with Crippen LogP contribution in [0.15, 0.2) is 30.3 Å². The molecule has 0 aromatic heterocycles. The van der Waals surface area contributed by atoms with Gasteiger partial charge in [-0.1, -0.05) is 29.3 Å². The van der Waals surface area contributed by atoms with Crippen LogP contribution in [0.25, 0.3) is 0 Å². The van der Waals surface area contributed by atoms with E-state index in [1.54, 1.807) is 25.1 Å². The van der Waals surface area contributed by atoms with Crippen LogP contribution < -0.4 is 10.5 Å². The second-order valence-electron chi connectivity index (χ2n) is 4.49. The number of nitro groups is 1. The van der Waals surface area contributed by atoms with Crippen molar-refractivity contribution in [1.29, 1.82) is 0 Å². The van der Waals surface area contributed by atoms with E-state index in [1.807, 2.05) is 0 Å². The molecule has 1 atom stereocenters. The zero-order chi connectivity index (χ0) is 16.4. The Labute approximate surface area is 135 Å². The minimum atomic E-state index is -0.893. The number of nitro benzene ring substituents is 1. The molecular formula is C14H11Cl2FN2O3. The topological polar surface area (TPSA) is 78.4 Å². The van der Waals surface area contributed by atoms with Crippen molar-refractivity contribution >= 4 is 34.6 Å². The number of nitrogen functional groups attached to an aromatic ring is 1. The maximum absolute atomic E-state index is 13.9. The predicted molar refractivity (Wildman–Crippen MR) is 83.0 cm³/mol. The van der Waals surface area contributed by atoms with Gasteiger partial charge in [0, 0.05) is 21.7 Å². The van der Waals surface area contributed by atoms with E-state index in [0.29, 0.717) is 21.7 Å². The Morgan fingerprint density at radius 1 is 1.32 bits per heavy atom. The standard InChI is InChI=1S/C14H11Cl2FN2O3/c1-7(14-8(15)3-2-4-9(14)16)22-13-6-11(18)12(19(20)21)5-10(13)17/h2-7H,18H2,1H3. The first-order valence-corrected chi connectivity index (χ1v) is 6.90.